The maximum atomic E-state index is 12.0. The second kappa shape index (κ2) is 8.94. The summed E-state index contributed by atoms with van der Waals surface area (Å²) >= 11 is 1.55. The van der Waals surface area contributed by atoms with Crippen molar-refractivity contribution in [1.29, 1.82) is 0 Å². The molecule has 1 aliphatic heterocycles. The highest BCUT2D eigenvalue weighted by Crippen LogP contribution is 2.18. The van der Waals surface area contributed by atoms with Gasteiger partial charge in [0.25, 0.3) is 5.91 Å². The summed E-state index contributed by atoms with van der Waals surface area (Å²) in [5.41, 5.74) is 1.78. The highest BCUT2D eigenvalue weighted by Gasteiger charge is 2.19. The van der Waals surface area contributed by atoms with Crippen molar-refractivity contribution in [2.24, 2.45) is 0 Å². The van der Waals surface area contributed by atoms with Crippen molar-refractivity contribution in [3.8, 4) is 0 Å². The third-order valence-corrected chi connectivity index (χ3v) is 5.06. The lowest BCUT2D eigenvalue weighted by atomic mass is 10.2. The summed E-state index contributed by atoms with van der Waals surface area (Å²) in [5.74, 6) is -0.131. The fourth-order valence-electron chi connectivity index (χ4n) is 2.84. The number of nitrogens with zero attached hydrogens (tertiary/aromatic N) is 3. The number of nitrogens with one attached hydrogen (secondary N) is 1. The van der Waals surface area contributed by atoms with E-state index in [2.05, 4.69) is 44.4 Å². The van der Waals surface area contributed by atoms with E-state index in [9.17, 15) is 4.79 Å². The Morgan fingerprint density at radius 2 is 2.00 bits per heavy atom. The fraction of sp³-hybridized carbons (Fsp3) is 0.444. The number of hydrogen-bond donors (Lipinski definition) is 1. The van der Waals surface area contributed by atoms with Crippen LogP contribution in [-0.4, -0.2) is 62.2 Å². The van der Waals surface area contributed by atoms with Gasteiger partial charge in [-0.3, -0.25) is 9.69 Å². The second-order valence-corrected chi connectivity index (χ2v) is 6.92. The molecule has 7 heteroatoms. The third-order valence-electron chi connectivity index (χ3n) is 4.23. The first-order valence-electron chi connectivity index (χ1n) is 8.50. The first kappa shape index (κ1) is 17.8. The van der Waals surface area contributed by atoms with E-state index in [1.54, 1.807) is 18.4 Å². The molecule has 1 amide bonds. The van der Waals surface area contributed by atoms with Gasteiger partial charge in [0.1, 0.15) is 10.7 Å². The molecule has 134 valence electrons. The lowest BCUT2D eigenvalue weighted by Gasteiger charge is -2.35. The predicted molar refractivity (Wildman–Crippen MR) is 100 cm³/mol. The largest absolute Gasteiger partial charge is 0.383 e. The quantitative estimate of drug-likeness (QED) is 0.764. The molecule has 2 aromatic rings. The SMILES string of the molecule is COCCNC(=O)c1csc(CN2CCN(c3ccccc3)CC2)n1. The van der Waals surface area contributed by atoms with Crippen LogP contribution in [0.5, 0.6) is 0 Å². The Hall–Kier alpha value is -1.96. The minimum absolute atomic E-state index is 0.131. The predicted octanol–water partition coefficient (Wildman–Crippen LogP) is 1.84. The maximum Gasteiger partial charge on any atom is 0.270 e. The molecule has 1 fully saturated rings. The van der Waals surface area contributed by atoms with E-state index in [0.717, 1.165) is 37.7 Å². The van der Waals surface area contributed by atoms with Gasteiger partial charge in [-0.15, -0.1) is 11.3 Å². The Labute approximate surface area is 152 Å². The van der Waals surface area contributed by atoms with E-state index in [1.165, 1.54) is 5.69 Å². The van der Waals surface area contributed by atoms with Crippen LogP contribution in [0.1, 0.15) is 15.5 Å². The number of methoxy groups -OCH3 is 1. The molecule has 1 aromatic carbocycles. The number of rotatable bonds is 7. The van der Waals surface area contributed by atoms with Crippen LogP contribution in [-0.2, 0) is 11.3 Å². The Morgan fingerprint density at radius 1 is 1.24 bits per heavy atom. The fourth-order valence-corrected chi connectivity index (χ4v) is 3.65. The van der Waals surface area contributed by atoms with Gasteiger partial charge >= 0.3 is 0 Å². The van der Waals surface area contributed by atoms with Gasteiger partial charge in [0.05, 0.1) is 13.2 Å². The van der Waals surface area contributed by atoms with Crippen molar-refractivity contribution >= 4 is 22.9 Å². The van der Waals surface area contributed by atoms with Crippen molar-refractivity contribution < 1.29 is 9.53 Å². The van der Waals surface area contributed by atoms with Crippen LogP contribution < -0.4 is 10.2 Å². The van der Waals surface area contributed by atoms with E-state index in [-0.39, 0.29) is 5.91 Å². The molecule has 0 radical (unpaired) electrons. The Morgan fingerprint density at radius 3 is 2.72 bits per heavy atom. The minimum atomic E-state index is -0.131. The highest BCUT2D eigenvalue weighted by molar-refractivity contribution is 7.09. The zero-order valence-electron chi connectivity index (χ0n) is 14.5. The third kappa shape index (κ3) is 5.01. The van der Waals surface area contributed by atoms with E-state index in [4.69, 9.17) is 4.74 Å². The van der Waals surface area contributed by atoms with Crippen molar-refractivity contribution in [1.82, 2.24) is 15.2 Å². The number of carbonyl (C=O) groups excluding carboxylic acids is 1. The summed E-state index contributed by atoms with van der Waals surface area (Å²) in [4.78, 5) is 21.3. The summed E-state index contributed by atoms with van der Waals surface area (Å²) in [7, 11) is 1.62. The number of amides is 1. The lowest BCUT2D eigenvalue weighted by Crippen LogP contribution is -2.45. The second-order valence-electron chi connectivity index (χ2n) is 5.97. The molecule has 6 nitrogen and oxygen atoms in total. The van der Waals surface area contributed by atoms with Crippen molar-refractivity contribution in [3.63, 3.8) is 0 Å². The molecule has 2 heterocycles. The van der Waals surface area contributed by atoms with Crippen LogP contribution in [0.2, 0.25) is 0 Å². The number of aromatic nitrogens is 1. The summed E-state index contributed by atoms with van der Waals surface area (Å²) in [6.45, 7) is 5.85. The van der Waals surface area contributed by atoms with Crippen LogP contribution >= 0.6 is 11.3 Å². The topological polar surface area (TPSA) is 57.7 Å². The molecule has 1 aliphatic rings. The minimum Gasteiger partial charge on any atom is -0.383 e. The smallest absolute Gasteiger partial charge is 0.270 e. The van der Waals surface area contributed by atoms with Crippen LogP contribution in [0.25, 0.3) is 0 Å². The van der Waals surface area contributed by atoms with Crippen LogP contribution in [0.4, 0.5) is 5.69 Å². The number of benzene rings is 1. The number of piperazine rings is 1. The number of hydrogen-bond acceptors (Lipinski definition) is 6. The monoisotopic (exact) mass is 360 g/mol. The lowest BCUT2D eigenvalue weighted by molar-refractivity contribution is 0.0932. The van der Waals surface area contributed by atoms with Crippen molar-refractivity contribution in [2.45, 2.75) is 6.54 Å². The Balaban J connectivity index is 1.47. The molecule has 0 aliphatic carbocycles. The molecule has 1 saturated heterocycles. The normalized spacial score (nSPS) is 15.3. The molecule has 3 rings (SSSR count). The number of ether oxygens (including phenoxy) is 1. The zero-order chi connectivity index (χ0) is 17.5. The first-order chi connectivity index (χ1) is 12.3. The summed E-state index contributed by atoms with van der Waals surface area (Å²) in [6.07, 6.45) is 0. The van der Waals surface area contributed by atoms with E-state index in [1.807, 2.05) is 11.4 Å². The number of thiazole rings is 1. The van der Waals surface area contributed by atoms with Gasteiger partial charge in [0.2, 0.25) is 0 Å². The molecule has 0 spiro atoms. The van der Waals surface area contributed by atoms with E-state index in [0.29, 0.717) is 18.8 Å². The average Bonchev–Trinajstić information content (AvgIpc) is 3.12. The molecule has 0 unspecified atom stereocenters. The first-order valence-corrected chi connectivity index (χ1v) is 9.38. The summed E-state index contributed by atoms with van der Waals surface area (Å²) < 4.78 is 4.93. The van der Waals surface area contributed by atoms with Crippen LogP contribution in [0.15, 0.2) is 35.7 Å². The van der Waals surface area contributed by atoms with Gasteiger partial charge in [0.15, 0.2) is 0 Å². The standard InChI is InChI=1S/C18H24N4O2S/c1-24-12-7-19-18(23)16-14-25-17(20-16)13-21-8-10-22(11-9-21)15-5-3-2-4-6-15/h2-6,14H,7-13H2,1H3,(H,19,23). The van der Waals surface area contributed by atoms with Gasteiger partial charge in [0, 0.05) is 50.9 Å². The van der Waals surface area contributed by atoms with Crippen LogP contribution in [0.3, 0.4) is 0 Å². The van der Waals surface area contributed by atoms with E-state index < -0.39 is 0 Å². The summed E-state index contributed by atoms with van der Waals surface area (Å²) in [6, 6.07) is 10.5. The molecule has 1 N–H and O–H groups in total. The van der Waals surface area contributed by atoms with Crippen molar-refractivity contribution in [2.75, 3.05) is 51.3 Å². The van der Waals surface area contributed by atoms with Gasteiger partial charge in [-0.05, 0) is 12.1 Å². The molecule has 0 bridgehead atoms. The van der Waals surface area contributed by atoms with Gasteiger partial charge in [-0.1, -0.05) is 18.2 Å². The Bertz CT molecular complexity index is 669. The summed E-state index contributed by atoms with van der Waals surface area (Å²) in [5, 5.41) is 5.62. The molecule has 1 aromatic heterocycles. The van der Waals surface area contributed by atoms with Crippen molar-refractivity contribution in [3.05, 3.63) is 46.4 Å². The molecular weight excluding hydrogens is 336 g/mol. The molecule has 0 saturated carbocycles. The average molecular weight is 360 g/mol. The van der Waals surface area contributed by atoms with Gasteiger partial charge in [-0.25, -0.2) is 4.98 Å². The van der Waals surface area contributed by atoms with Gasteiger partial charge < -0.3 is 15.0 Å². The Kier molecular flexibility index (Phi) is 6.38. The van der Waals surface area contributed by atoms with Crippen LogP contribution in [0, 0.1) is 0 Å². The zero-order valence-corrected chi connectivity index (χ0v) is 15.3. The van der Waals surface area contributed by atoms with E-state index >= 15 is 0 Å². The number of anilines is 1. The molecular formula is C18H24N4O2S. The molecule has 25 heavy (non-hydrogen) atoms. The number of carbonyl (C=O) groups is 1. The molecule has 0 atom stereocenters. The highest BCUT2D eigenvalue weighted by atomic mass is 32.1. The number of para-hydroxylation sites is 1. The maximum absolute atomic E-state index is 12.0. The van der Waals surface area contributed by atoms with Gasteiger partial charge in [-0.2, -0.15) is 0 Å².